The van der Waals surface area contributed by atoms with Crippen LogP contribution in [0.5, 0.6) is 11.5 Å². The summed E-state index contributed by atoms with van der Waals surface area (Å²) in [6.45, 7) is 5.88. The second kappa shape index (κ2) is 12.4. The van der Waals surface area contributed by atoms with E-state index in [0.717, 1.165) is 11.3 Å². The maximum Gasteiger partial charge on any atom is 0.351 e. The lowest BCUT2D eigenvalue weighted by molar-refractivity contribution is -0.139. The van der Waals surface area contributed by atoms with E-state index in [9.17, 15) is 19.5 Å². The molecule has 7 nitrogen and oxygen atoms in total. The number of methoxy groups -OCH3 is 1. The maximum atomic E-state index is 12.8. The minimum absolute atomic E-state index is 0.170. The van der Waals surface area contributed by atoms with Crippen molar-refractivity contribution < 1.29 is 28.6 Å². The van der Waals surface area contributed by atoms with Crippen molar-refractivity contribution in [3.8, 4) is 11.5 Å². The first-order valence-electron chi connectivity index (χ1n) is 10.8. The van der Waals surface area contributed by atoms with E-state index in [4.69, 9.17) is 9.15 Å². The summed E-state index contributed by atoms with van der Waals surface area (Å²) < 4.78 is 15.3. The zero-order chi connectivity index (χ0) is 24.4. The van der Waals surface area contributed by atoms with Crippen molar-refractivity contribution in [2.45, 2.75) is 46.0 Å². The van der Waals surface area contributed by atoms with Crippen LogP contribution < -0.4 is 10.4 Å². The van der Waals surface area contributed by atoms with E-state index in [2.05, 4.69) is 4.74 Å². The summed E-state index contributed by atoms with van der Waals surface area (Å²) in [6, 6.07) is 8.50. The summed E-state index contributed by atoms with van der Waals surface area (Å²) in [5.74, 6) is -0.471. The van der Waals surface area contributed by atoms with Crippen LogP contribution in [-0.4, -0.2) is 30.6 Å². The van der Waals surface area contributed by atoms with Gasteiger partial charge in [0.15, 0.2) is 5.78 Å². The molecule has 0 aliphatic rings. The van der Waals surface area contributed by atoms with E-state index < -0.39 is 17.2 Å². The number of carbonyl (C=O) groups is 2. The molecule has 0 amide bonds. The van der Waals surface area contributed by atoms with E-state index in [-0.39, 0.29) is 23.9 Å². The van der Waals surface area contributed by atoms with Gasteiger partial charge in [0, 0.05) is 12.0 Å². The van der Waals surface area contributed by atoms with Crippen LogP contribution in [0, 0.1) is 0 Å². The Morgan fingerprint density at radius 1 is 1.18 bits per heavy atom. The molecule has 0 aliphatic carbocycles. The van der Waals surface area contributed by atoms with Crippen molar-refractivity contribution in [2.75, 3.05) is 13.7 Å². The van der Waals surface area contributed by atoms with Crippen molar-refractivity contribution in [2.24, 2.45) is 0 Å². The van der Waals surface area contributed by atoms with Crippen molar-refractivity contribution in [3.63, 3.8) is 0 Å². The highest BCUT2D eigenvalue weighted by Crippen LogP contribution is 2.26. The number of ether oxygens (including phenoxy) is 2. The predicted octanol–water partition coefficient (Wildman–Crippen LogP) is 5.03. The average Bonchev–Trinajstić information content (AvgIpc) is 2.79. The lowest BCUT2D eigenvalue weighted by Crippen LogP contribution is -2.16. The Morgan fingerprint density at radius 3 is 2.48 bits per heavy atom. The van der Waals surface area contributed by atoms with Crippen molar-refractivity contribution >= 4 is 17.8 Å². The van der Waals surface area contributed by atoms with Crippen molar-refractivity contribution in [3.05, 3.63) is 75.4 Å². The molecule has 0 saturated carbocycles. The molecule has 0 aliphatic heterocycles. The van der Waals surface area contributed by atoms with Crippen LogP contribution in [0.4, 0.5) is 0 Å². The quantitative estimate of drug-likeness (QED) is 0.220. The molecule has 2 aromatic rings. The van der Waals surface area contributed by atoms with Crippen molar-refractivity contribution in [1.82, 2.24) is 0 Å². The van der Waals surface area contributed by atoms with Crippen LogP contribution in [0.1, 0.15) is 67.6 Å². The fourth-order valence-corrected chi connectivity index (χ4v) is 3.16. The Kier molecular flexibility index (Phi) is 9.66. The van der Waals surface area contributed by atoms with Gasteiger partial charge in [0.05, 0.1) is 20.1 Å². The number of carbonyl (C=O) groups excluding carboxylic acids is 2. The highest BCUT2D eigenvalue weighted by atomic mass is 16.5. The Balaban J connectivity index is 2.11. The summed E-state index contributed by atoms with van der Waals surface area (Å²) in [5.41, 5.74) is -0.205. The Bertz CT molecular complexity index is 1070. The molecule has 33 heavy (non-hydrogen) atoms. The number of benzene rings is 1. The number of rotatable bonds is 11. The molecule has 0 spiro atoms. The van der Waals surface area contributed by atoms with E-state index in [0.29, 0.717) is 30.8 Å². The summed E-state index contributed by atoms with van der Waals surface area (Å²) in [6.07, 6.45) is 6.66. The molecule has 0 radical (unpaired) electrons. The van der Waals surface area contributed by atoms with Gasteiger partial charge in [-0.1, -0.05) is 31.2 Å². The minimum atomic E-state index is -0.873. The third-order valence-corrected chi connectivity index (χ3v) is 5.04. The molecule has 0 saturated heterocycles. The zero-order valence-corrected chi connectivity index (χ0v) is 19.4. The van der Waals surface area contributed by atoms with Gasteiger partial charge in [-0.3, -0.25) is 9.59 Å². The van der Waals surface area contributed by atoms with Crippen LogP contribution >= 0.6 is 0 Å². The summed E-state index contributed by atoms with van der Waals surface area (Å²) in [5, 5.41) is 10.4. The summed E-state index contributed by atoms with van der Waals surface area (Å²) >= 11 is 0. The third-order valence-electron chi connectivity index (χ3n) is 5.04. The fourth-order valence-electron chi connectivity index (χ4n) is 3.16. The highest BCUT2D eigenvalue weighted by Gasteiger charge is 2.22. The van der Waals surface area contributed by atoms with Gasteiger partial charge in [-0.05, 0) is 56.0 Å². The average molecular weight is 455 g/mol. The second-order valence-electron chi connectivity index (χ2n) is 7.59. The molecule has 2 rings (SSSR count). The Hall–Kier alpha value is -3.61. The molecule has 7 heteroatoms. The number of allylic oxidation sites excluding steroid dienone is 2. The predicted molar refractivity (Wildman–Crippen MR) is 126 cm³/mol. The lowest BCUT2D eigenvalue weighted by Gasteiger charge is -2.11. The number of Topliss-reactive ketones (excluding diaryl/α,β-unsaturated/α-hetero) is 1. The van der Waals surface area contributed by atoms with Gasteiger partial charge in [-0.25, -0.2) is 4.79 Å². The SMILES string of the molecule is CCOc1ccc(C=C(C)C(=O)c2c(O)cc(C(C)CCC=CCC(=O)OC)oc2=O)cc1. The largest absolute Gasteiger partial charge is 0.507 e. The first-order chi connectivity index (χ1) is 15.8. The van der Waals surface area contributed by atoms with E-state index in [1.165, 1.54) is 13.2 Å². The number of ketones is 1. The number of aromatic hydroxyl groups is 1. The molecular formula is C26H30O7. The first-order valence-corrected chi connectivity index (χ1v) is 10.8. The van der Waals surface area contributed by atoms with Crippen LogP contribution in [0.3, 0.4) is 0 Å². The maximum absolute atomic E-state index is 12.8. The fraction of sp³-hybridized carbons (Fsp3) is 0.346. The van der Waals surface area contributed by atoms with Gasteiger partial charge in [0.2, 0.25) is 0 Å². The lowest BCUT2D eigenvalue weighted by atomic mass is 9.99. The molecule has 1 atom stereocenters. The van der Waals surface area contributed by atoms with Crippen LogP contribution in [0.25, 0.3) is 6.08 Å². The molecule has 176 valence electrons. The highest BCUT2D eigenvalue weighted by molar-refractivity contribution is 6.12. The number of esters is 1. The molecule has 1 aromatic heterocycles. The third kappa shape index (κ3) is 7.49. The van der Waals surface area contributed by atoms with Crippen LogP contribution in [0.2, 0.25) is 0 Å². The Morgan fingerprint density at radius 2 is 1.88 bits per heavy atom. The van der Waals surface area contributed by atoms with Gasteiger partial charge in [-0.15, -0.1) is 0 Å². The summed E-state index contributed by atoms with van der Waals surface area (Å²) in [7, 11) is 1.33. The van der Waals surface area contributed by atoms with E-state index in [1.54, 1.807) is 43.3 Å². The number of hydrogen-bond acceptors (Lipinski definition) is 7. The smallest absolute Gasteiger partial charge is 0.351 e. The molecule has 0 bridgehead atoms. The van der Waals surface area contributed by atoms with Gasteiger partial charge < -0.3 is 19.0 Å². The topological polar surface area (TPSA) is 103 Å². The normalized spacial score (nSPS) is 12.5. The minimum Gasteiger partial charge on any atom is -0.507 e. The van der Waals surface area contributed by atoms with Crippen LogP contribution in [0.15, 0.2) is 57.3 Å². The van der Waals surface area contributed by atoms with E-state index >= 15 is 0 Å². The van der Waals surface area contributed by atoms with Gasteiger partial charge in [-0.2, -0.15) is 0 Å². The summed E-state index contributed by atoms with van der Waals surface area (Å²) in [4.78, 5) is 36.4. The molecule has 1 unspecified atom stereocenters. The van der Waals surface area contributed by atoms with Gasteiger partial charge in [0.1, 0.15) is 22.8 Å². The number of hydrogen-bond donors (Lipinski definition) is 1. The monoisotopic (exact) mass is 454 g/mol. The van der Waals surface area contributed by atoms with Crippen LogP contribution in [-0.2, 0) is 9.53 Å². The van der Waals surface area contributed by atoms with Crippen molar-refractivity contribution in [1.29, 1.82) is 0 Å². The van der Waals surface area contributed by atoms with Gasteiger partial charge >= 0.3 is 11.6 Å². The standard InChI is InChI=1S/C26H30O7/c1-5-32-20-13-11-19(12-14-20)15-18(3)25(29)24-21(27)16-22(33-26(24)30)17(2)9-7-6-8-10-23(28)31-4/h6,8,11-17,27H,5,7,9-10H2,1-4H3. The molecular weight excluding hydrogens is 424 g/mol. The molecule has 1 N–H and O–H groups in total. The molecule has 0 fully saturated rings. The van der Waals surface area contributed by atoms with E-state index in [1.807, 2.05) is 19.9 Å². The second-order valence-corrected chi connectivity index (χ2v) is 7.59. The zero-order valence-electron chi connectivity index (χ0n) is 19.4. The first kappa shape index (κ1) is 25.6. The molecule has 1 heterocycles. The van der Waals surface area contributed by atoms with Gasteiger partial charge in [0.25, 0.3) is 0 Å². The molecule has 1 aromatic carbocycles. The Labute approximate surface area is 193 Å².